The Kier molecular flexibility index (Phi) is 3.98. The maximum absolute atomic E-state index is 12.4. The predicted molar refractivity (Wildman–Crippen MR) is 76.1 cm³/mol. The van der Waals surface area contributed by atoms with Crippen LogP contribution in [-0.4, -0.2) is 31.5 Å². The molecule has 0 saturated heterocycles. The molecule has 0 unspecified atom stereocenters. The second-order valence-electron chi connectivity index (χ2n) is 3.74. The van der Waals surface area contributed by atoms with Crippen LogP contribution in [0.3, 0.4) is 0 Å². The minimum absolute atomic E-state index is 0.0431. The summed E-state index contributed by atoms with van der Waals surface area (Å²) < 4.78 is 25.8. The van der Waals surface area contributed by atoms with Gasteiger partial charge in [-0.05, 0) is 18.2 Å². The number of rotatable bonds is 4. The number of hydrogen-bond donors (Lipinski definition) is 1. The van der Waals surface area contributed by atoms with E-state index in [1.807, 2.05) is 0 Å². The maximum atomic E-state index is 12.4. The van der Waals surface area contributed by atoms with Crippen LogP contribution < -0.4 is 4.31 Å². The van der Waals surface area contributed by atoms with E-state index in [9.17, 15) is 13.2 Å². The predicted octanol–water partition coefficient (Wildman–Crippen LogP) is 2.32. The summed E-state index contributed by atoms with van der Waals surface area (Å²) >= 11 is 7.02. The topological polar surface area (TPSA) is 87.6 Å². The zero-order valence-electron chi connectivity index (χ0n) is 10.1. The number of nitrogens with zero attached hydrogens (tertiary/aromatic N) is 2. The van der Waals surface area contributed by atoms with Crippen LogP contribution in [0, 0.1) is 0 Å². The molecule has 0 aliphatic rings. The van der Waals surface area contributed by atoms with E-state index in [0.29, 0.717) is 0 Å². The number of carboxylic acid groups (broad SMARTS) is 1. The van der Waals surface area contributed by atoms with E-state index >= 15 is 0 Å². The fourth-order valence-corrected chi connectivity index (χ4v) is 3.94. The summed E-state index contributed by atoms with van der Waals surface area (Å²) in [6, 6.07) is 3.52. The van der Waals surface area contributed by atoms with Crippen LogP contribution in [0.1, 0.15) is 10.4 Å². The van der Waals surface area contributed by atoms with Crippen molar-refractivity contribution in [1.29, 1.82) is 0 Å². The molecule has 1 N–H and O–H groups in total. The molecule has 0 radical (unpaired) electrons. The van der Waals surface area contributed by atoms with Crippen molar-refractivity contribution in [1.82, 2.24) is 4.98 Å². The second-order valence-corrected chi connectivity index (χ2v) is 6.96. The molecule has 106 valence electrons. The molecule has 0 saturated carbocycles. The number of thiazole rings is 1. The van der Waals surface area contributed by atoms with Crippen LogP contribution in [0.5, 0.6) is 0 Å². The third-order valence-corrected chi connectivity index (χ3v) is 5.70. The number of carbonyl (C=O) groups is 1. The molecule has 2 aromatic rings. The first kappa shape index (κ1) is 14.8. The van der Waals surface area contributed by atoms with Crippen LogP contribution in [0.25, 0.3) is 0 Å². The molecule has 0 fully saturated rings. The normalized spacial score (nSPS) is 11.3. The summed E-state index contributed by atoms with van der Waals surface area (Å²) in [5.74, 6) is -1.23. The summed E-state index contributed by atoms with van der Waals surface area (Å²) in [6.07, 6.45) is 1.47. The SMILES string of the molecule is CN(c1nccs1)S(=O)(=O)c1cc(C(=O)O)ccc1Cl. The van der Waals surface area contributed by atoms with Crippen molar-refractivity contribution in [3.63, 3.8) is 0 Å². The molecule has 0 spiro atoms. The van der Waals surface area contributed by atoms with Gasteiger partial charge in [-0.3, -0.25) is 0 Å². The lowest BCUT2D eigenvalue weighted by molar-refractivity contribution is 0.0696. The van der Waals surface area contributed by atoms with Gasteiger partial charge in [-0.25, -0.2) is 22.5 Å². The zero-order chi connectivity index (χ0) is 14.9. The average Bonchev–Trinajstić information content (AvgIpc) is 2.91. The second kappa shape index (κ2) is 5.39. The van der Waals surface area contributed by atoms with Gasteiger partial charge < -0.3 is 5.11 Å². The fraction of sp³-hybridized carbons (Fsp3) is 0.0909. The van der Waals surface area contributed by atoms with E-state index in [4.69, 9.17) is 16.7 Å². The highest BCUT2D eigenvalue weighted by molar-refractivity contribution is 7.93. The zero-order valence-corrected chi connectivity index (χ0v) is 12.5. The number of anilines is 1. The number of halogens is 1. The molecule has 6 nitrogen and oxygen atoms in total. The highest BCUT2D eigenvalue weighted by atomic mass is 35.5. The monoisotopic (exact) mass is 332 g/mol. The summed E-state index contributed by atoms with van der Waals surface area (Å²) in [6.45, 7) is 0. The summed E-state index contributed by atoms with van der Waals surface area (Å²) in [4.78, 5) is 14.6. The molecule has 9 heteroatoms. The van der Waals surface area contributed by atoms with Gasteiger partial charge in [-0.1, -0.05) is 11.6 Å². The van der Waals surface area contributed by atoms with Crippen molar-refractivity contribution < 1.29 is 18.3 Å². The molecule has 1 aromatic carbocycles. The minimum Gasteiger partial charge on any atom is -0.478 e. The smallest absolute Gasteiger partial charge is 0.335 e. The van der Waals surface area contributed by atoms with Gasteiger partial charge in [0.15, 0.2) is 5.13 Å². The van der Waals surface area contributed by atoms with Gasteiger partial charge in [0, 0.05) is 18.6 Å². The number of benzene rings is 1. The van der Waals surface area contributed by atoms with Gasteiger partial charge in [0.2, 0.25) is 0 Å². The van der Waals surface area contributed by atoms with Crippen LogP contribution in [0.15, 0.2) is 34.7 Å². The van der Waals surface area contributed by atoms with Gasteiger partial charge in [-0.15, -0.1) is 11.3 Å². The molecule has 2 rings (SSSR count). The number of sulfonamides is 1. The van der Waals surface area contributed by atoms with E-state index < -0.39 is 16.0 Å². The Balaban J connectivity index is 2.54. The average molecular weight is 333 g/mol. The third-order valence-electron chi connectivity index (χ3n) is 2.51. The van der Waals surface area contributed by atoms with Crippen molar-refractivity contribution in [2.75, 3.05) is 11.4 Å². The summed E-state index contributed by atoms with van der Waals surface area (Å²) in [5, 5.41) is 10.8. The van der Waals surface area contributed by atoms with Crippen LogP contribution in [0.2, 0.25) is 5.02 Å². The first-order valence-corrected chi connectivity index (χ1v) is 7.95. The van der Waals surface area contributed by atoms with Gasteiger partial charge in [0.1, 0.15) is 4.90 Å². The number of hydrogen-bond acceptors (Lipinski definition) is 5. The van der Waals surface area contributed by atoms with Crippen LogP contribution in [0.4, 0.5) is 5.13 Å². The number of aromatic nitrogens is 1. The maximum Gasteiger partial charge on any atom is 0.335 e. The molecular formula is C11H9ClN2O4S2. The standard InChI is InChI=1S/C11H9ClN2O4S2/c1-14(11-13-4-5-19-11)20(17,18)9-6-7(10(15)16)2-3-8(9)12/h2-6H,1H3,(H,15,16). The van der Waals surface area contributed by atoms with Crippen LogP contribution >= 0.6 is 22.9 Å². The van der Waals surface area contributed by atoms with Gasteiger partial charge in [0.25, 0.3) is 10.0 Å². The Hall–Kier alpha value is -1.64. The molecule has 0 aliphatic heterocycles. The first-order chi connectivity index (χ1) is 9.34. The fourth-order valence-electron chi connectivity index (χ4n) is 1.46. The Labute approximate surface area is 124 Å². The van der Waals surface area contributed by atoms with Crippen molar-refractivity contribution >= 4 is 44.1 Å². The Morgan fingerprint density at radius 3 is 2.70 bits per heavy atom. The highest BCUT2D eigenvalue weighted by Crippen LogP contribution is 2.29. The first-order valence-electron chi connectivity index (χ1n) is 5.25. The lowest BCUT2D eigenvalue weighted by Gasteiger charge is -2.17. The Bertz CT molecular complexity index is 744. The van der Waals surface area contributed by atoms with Gasteiger partial charge >= 0.3 is 5.97 Å². The number of aromatic carboxylic acids is 1. The molecule has 0 atom stereocenters. The third kappa shape index (κ3) is 2.62. The van der Waals surface area contributed by atoms with Crippen molar-refractivity contribution in [2.24, 2.45) is 0 Å². The molecular weight excluding hydrogens is 324 g/mol. The molecule has 0 amide bonds. The highest BCUT2D eigenvalue weighted by Gasteiger charge is 2.26. The van der Waals surface area contributed by atoms with E-state index in [0.717, 1.165) is 21.7 Å². The molecule has 20 heavy (non-hydrogen) atoms. The lowest BCUT2D eigenvalue weighted by atomic mass is 10.2. The molecule has 1 heterocycles. The van der Waals surface area contributed by atoms with E-state index in [2.05, 4.69) is 4.98 Å². The Morgan fingerprint density at radius 2 is 2.15 bits per heavy atom. The molecule has 1 aromatic heterocycles. The largest absolute Gasteiger partial charge is 0.478 e. The quantitative estimate of drug-likeness (QED) is 0.928. The van der Waals surface area contributed by atoms with Crippen LogP contribution in [-0.2, 0) is 10.0 Å². The van der Waals surface area contributed by atoms with Crippen molar-refractivity contribution in [3.05, 3.63) is 40.4 Å². The van der Waals surface area contributed by atoms with E-state index in [1.54, 1.807) is 5.38 Å². The minimum atomic E-state index is -3.96. The molecule has 0 bridgehead atoms. The van der Waals surface area contributed by atoms with Gasteiger partial charge in [-0.2, -0.15) is 0 Å². The van der Waals surface area contributed by atoms with Crippen molar-refractivity contribution in [3.8, 4) is 0 Å². The summed E-state index contributed by atoms with van der Waals surface area (Å²) in [5.41, 5.74) is -0.152. The number of carboxylic acids is 1. The molecule has 0 aliphatic carbocycles. The van der Waals surface area contributed by atoms with Crippen molar-refractivity contribution in [2.45, 2.75) is 4.90 Å². The summed E-state index contributed by atoms with van der Waals surface area (Å²) in [7, 11) is -2.63. The Morgan fingerprint density at radius 1 is 1.45 bits per heavy atom. The van der Waals surface area contributed by atoms with Gasteiger partial charge in [0.05, 0.1) is 10.6 Å². The lowest BCUT2D eigenvalue weighted by Crippen LogP contribution is -2.26. The van der Waals surface area contributed by atoms with E-state index in [-0.39, 0.29) is 20.6 Å². The van der Waals surface area contributed by atoms with E-state index in [1.165, 1.54) is 25.4 Å².